The van der Waals surface area contributed by atoms with Crippen LogP contribution in [0, 0.1) is 0 Å². The number of amides is 1. The molecule has 0 saturated heterocycles. The van der Waals surface area contributed by atoms with Gasteiger partial charge in [-0.15, -0.1) is 15.3 Å². The Kier molecular flexibility index (Phi) is 6.24. The molecule has 10 heteroatoms. The normalized spacial score (nSPS) is 15.5. The van der Waals surface area contributed by atoms with E-state index in [0.717, 1.165) is 9.47 Å². The topological polar surface area (TPSA) is 106 Å². The second-order valence-electron chi connectivity index (χ2n) is 6.29. The molecule has 8 nitrogen and oxygen atoms in total. The zero-order valence-electron chi connectivity index (χ0n) is 14.3. The van der Waals surface area contributed by atoms with Gasteiger partial charge in [-0.25, -0.2) is 0 Å². The van der Waals surface area contributed by atoms with Crippen LogP contribution in [0.1, 0.15) is 57.8 Å². The molecule has 1 fully saturated rings. The van der Waals surface area contributed by atoms with Crippen molar-refractivity contribution in [2.24, 2.45) is 0 Å². The summed E-state index contributed by atoms with van der Waals surface area (Å²) in [4.78, 5) is 12.0. The van der Waals surface area contributed by atoms with E-state index in [2.05, 4.69) is 31.0 Å². The number of nitrogens with zero attached hydrogens (tertiary/aromatic N) is 4. The van der Waals surface area contributed by atoms with Crippen molar-refractivity contribution in [1.29, 1.82) is 0 Å². The summed E-state index contributed by atoms with van der Waals surface area (Å²) in [5.41, 5.74) is 0. The largest absolute Gasteiger partial charge is 0.408 e. The lowest BCUT2D eigenvalue weighted by Crippen LogP contribution is -2.21. The van der Waals surface area contributed by atoms with E-state index in [1.54, 1.807) is 0 Å². The van der Waals surface area contributed by atoms with Crippen molar-refractivity contribution in [3.8, 4) is 0 Å². The maximum atomic E-state index is 12.0. The van der Waals surface area contributed by atoms with Gasteiger partial charge in [0, 0.05) is 12.0 Å². The highest BCUT2D eigenvalue weighted by Gasteiger charge is 2.16. The van der Waals surface area contributed by atoms with Crippen LogP contribution < -0.4 is 10.6 Å². The van der Waals surface area contributed by atoms with E-state index in [-0.39, 0.29) is 23.6 Å². The summed E-state index contributed by atoms with van der Waals surface area (Å²) in [5.74, 6) is 0.646. The molecule has 1 aliphatic carbocycles. The number of carbonyl (C=O) groups is 1. The van der Waals surface area contributed by atoms with E-state index < -0.39 is 0 Å². The van der Waals surface area contributed by atoms with Crippen molar-refractivity contribution in [2.75, 3.05) is 16.4 Å². The van der Waals surface area contributed by atoms with Crippen LogP contribution in [-0.4, -0.2) is 38.1 Å². The number of carbonyl (C=O) groups excluding carboxylic acids is 1. The lowest BCUT2D eigenvalue weighted by atomic mass is 9.96. The molecule has 2 aromatic heterocycles. The molecule has 3 rings (SSSR count). The van der Waals surface area contributed by atoms with E-state index >= 15 is 0 Å². The summed E-state index contributed by atoms with van der Waals surface area (Å²) in [5, 5.41) is 22.8. The molecule has 2 aromatic rings. The molecular weight excluding hydrogens is 360 g/mol. The molecule has 0 radical (unpaired) electrons. The third-order valence-electron chi connectivity index (χ3n) is 3.85. The van der Waals surface area contributed by atoms with Gasteiger partial charge < -0.3 is 9.73 Å². The van der Waals surface area contributed by atoms with Crippen LogP contribution in [0.4, 0.5) is 11.1 Å². The fourth-order valence-corrected chi connectivity index (χ4v) is 4.18. The van der Waals surface area contributed by atoms with E-state index in [4.69, 9.17) is 4.42 Å². The van der Waals surface area contributed by atoms with Crippen LogP contribution in [0.25, 0.3) is 0 Å². The minimum Gasteiger partial charge on any atom is -0.408 e. The lowest BCUT2D eigenvalue weighted by Gasteiger charge is -2.21. The molecule has 0 atom stereocenters. The van der Waals surface area contributed by atoms with Crippen LogP contribution in [0.5, 0.6) is 0 Å². The standard InChI is InChI=1S/C15H22N6O2S2/c1-9(2)12-18-19-13(23-12)17-11(22)8-24-15-21-20-14(25-15)16-10-6-4-3-5-7-10/h9-10H,3-8H2,1-2H3,(H,16,20)(H,17,19,22). The van der Waals surface area contributed by atoms with Crippen LogP contribution in [-0.2, 0) is 4.79 Å². The predicted molar refractivity (Wildman–Crippen MR) is 98.1 cm³/mol. The monoisotopic (exact) mass is 382 g/mol. The Bertz CT molecular complexity index is 696. The maximum absolute atomic E-state index is 12.0. The Morgan fingerprint density at radius 1 is 1.24 bits per heavy atom. The molecule has 136 valence electrons. The summed E-state index contributed by atoms with van der Waals surface area (Å²) >= 11 is 2.83. The number of anilines is 2. The number of nitrogens with one attached hydrogen (secondary N) is 2. The van der Waals surface area contributed by atoms with Gasteiger partial charge in [0.1, 0.15) is 0 Å². The van der Waals surface area contributed by atoms with Crippen LogP contribution in [0.2, 0.25) is 0 Å². The fraction of sp³-hybridized carbons (Fsp3) is 0.667. The minimum atomic E-state index is -0.207. The average Bonchev–Trinajstić information content (AvgIpc) is 3.23. The predicted octanol–water partition coefficient (Wildman–Crippen LogP) is 3.52. The molecule has 2 heterocycles. The van der Waals surface area contributed by atoms with Crippen molar-refractivity contribution in [1.82, 2.24) is 20.4 Å². The van der Waals surface area contributed by atoms with Crippen molar-refractivity contribution >= 4 is 40.2 Å². The van der Waals surface area contributed by atoms with E-state index in [1.165, 1.54) is 55.2 Å². The molecule has 1 aliphatic rings. The molecule has 0 aromatic carbocycles. The van der Waals surface area contributed by atoms with Gasteiger partial charge in [0.25, 0.3) is 0 Å². The van der Waals surface area contributed by atoms with Crippen molar-refractivity contribution < 1.29 is 9.21 Å². The van der Waals surface area contributed by atoms with Gasteiger partial charge >= 0.3 is 6.01 Å². The second kappa shape index (κ2) is 8.61. The molecule has 25 heavy (non-hydrogen) atoms. The Labute approximate surface area is 154 Å². The highest BCUT2D eigenvalue weighted by Crippen LogP contribution is 2.28. The molecule has 0 bridgehead atoms. The smallest absolute Gasteiger partial charge is 0.322 e. The van der Waals surface area contributed by atoms with Crippen LogP contribution in [0.15, 0.2) is 8.76 Å². The number of hydrogen-bond acceptors (Lipinski definition) is 9. The molecule has 0 aliphatic heterocycles. The van der Waals surface area contributed by atoms with Crippen molar-refractivity contribution in [2.45, 2.75) is 62.3 Å². The third-order valence-corrected chi connectivity index (χ3v) is 5.83. The lowest BCUT2D eigenvalue weighted by molar-refractivity contribution is -0.113. The third kappa shape index (κ3) is 5.40. The molecular formula is C15H22N6O2S2. The number of thioether (sulfide) groups is 1. The first-order chi connectivity index (χ1) is 12.1. The molecule has 1 saturated carbocycles. The van der Waals surface area contributed by atoms with Gasteiger partial charge in [-0.3, -0.25) is 10.1 Å². The number of hydrogen-bond donors (Lipinski definition) is 2. The van der Waals surface area contributed by atoms with Crippen LogP contribution in [0.3, 0.4) is 0 Å². The van der Waals surface area contributed by atoms with Gasteiger partial charge in [0.2, 0.25) is 16.9 Å². The molecule has 2 N–H and O–H groups in total. The summed E-state index contributed by atoms with van der Waals surface area (Å²) in [6, 6.07) is 0.627. The molecule has 1 amide bonds. The zero-order chi connectivity index (χ0) is 17.6. The highest BCUT2D eigenvalue weighted by molar-refractivity contribution is 8.01. The van der Waals surface area contributed by atoms with Gasteiger partial charge in [-0.1, -0.05) is 61.3 Å². The average molecular weight is 383 g/mol. The van der Waals surface area contributed by atoms with Crippen LogP contribution >= 0.6 is 23.1 Å². The Balaban J connectivity index is 1.44. The quantitative estimate of drug-likeness (QED) is 0.701. The second-order valence-corrected chi connectivity index (χ2v) is 8.49. The first-order valence-corrected chi connectivity index (χ1v) is 10.3. The summed E-state index contributed by atoms with van der Waals surface area (Å²) < 4.78 is 6.12. The Morgan fingerprint density at radius 2 is 2.04 bits per heavy atom. The van der Waals surface area contributed by atoms with E-state index in [9.17, 15) is 4.79 Å². The summed E-state index contributed by atoms with van der Waals surface area (Å²) in [6.07, 6.45) is 6.24. The minimum absolute atomic E-state index is 0.129. The van der Waals surface area contributed by atoms with Crippen molar-refractivity contribution in [3.05, 3.63) is 5.89 Å². The fourth-order valence-electron chi connectivity index (χ4n) is 2.55. The van der Waals surface area contributed by atoms with Crippen molar-refractivity contribution in [3.63, 3.8) is 0 Å². The maximum Gasteiger partial charge on any atom is 0.322 e. The SMILES string of the molecule is CC(C)c1nnc(NC(=O)CSc2nnc(NC3CCCCC3)s2)o1. The van der Waals surface area contributed by atoms with E-state index in [1.807, 2.05) is 13.8 Å². The summed E-state index contributed by atoms with van der Waals surface area (Å²) in [7, 11) is 0. The van der Waals surface area contributed by atoms with E-state index in [0.29, 0.717) is 11.9 Å². The zero-order valence-corrected chi connectivity index (χ0v) is 16.0. The first-order valence-electron chi connectivity index (χ1n) is 8.46. The number of aromatic nitrogens is 4. The van der Waals surface area contributed by atoms with Gasteiger partial charge in [-0.05, 0) is 12.8 Å². The first kappa shape index (κ1) is 18.1. The highest BCUT2D eigenvalue weighted by atomic mass is 32.2. The molecule has 0 unspecified atom stereocenters. The van der Waals surface area contributed by atoms with Gasteiger partial charge in [-0.2, -0.15) is 0 Å². The van der Waals surface area contributed by atoms with Gasteiger partial charge in [0.15, 0.2) is 4.34 Å². The summed E-state index contributed by atoms with van der Waals surface area (Å²) in [6.45, 7) is 3.90. The molecule has 0 spiro atoms. The Morgan fingerprint density at radius 3 is 2.76 bits per heavy atom. The Hall–Kier alpha value is -1.68. The number of rotatable bonds is 7. The van der Waals surface area contributed by atoms with Gasteiger partial charge in [0.05, 0.1) is 5.75 Å².